The van der Waals surface area contributed by atoms with Crippen molar-refractivity contribution in [3.8, 4) is 67.0 Å². The van der Waals surface area contributed by atoms with E-state index in [0.717, 1.165) is 101 Å². The smallest absolute Gasteiger partial charge is 0.252 e. The molecule has 113 heavy (non-hydrogen) atoms. The highest BCUT2D eigenvalue weighted by atomic mass is 15.2. The molecule has 0 atom stereocenters. The maximum Gasteiger partial charge on any atom is 0.252 e. The fraction of sp³-hybridized carbons (Fsp3) is 0.0741. The predicted octanol–water partition coefficient (Wildman–Crippen LogP) is 27.6. The number of benzene rings is 20. The molecule has 0 fully saturated rings. The first-order valence-electron chi connectivity index (χ1n) is 39.9. The summed E-state index contributed by atoms with van der Waals surface area (Å²) >= 11 is 0. The zero-order chi connectivity index (χ0) is 75.0. The molecule has 0 radical (unpaired) electrons. The summed E-state index contributed by atoms with van der Waals surface area (Å²) < 4.78 is 5.19. The number of aromatic nitrogens is 2. The van der Waals surface area contributed by atoms with E-state index < -0.39 is 0 Å². The lowest BCUT2D eigenvalue weighted by Gasteiger charge is -2.46. The molecule has 530 valence electrons. The van der Waals surface area contributed by atoms with Crippen LogP contribution in [-0.2, 0) is 10.8 Å². The van der Waals surface area contributed by atoms with Crippen LogP contribution < -0.4 is 26.2 Å². The molecule has 22 aromatic rings. The average molecular weight is 1440 g/mol. The molecule has 5 heteroatoms. The highest BCUT2D eigenvalue weighted by molar-refractivity contribution is 7.00. The summed E-state index contributed by atoms with van der Waals surface area (Å²) in [5.74, 6) is 0. The molecule has 2 aliphatic heterocycles. The first-order valence-corrected chi connectivity index (χ1v) is 39.9. The van der Waals surface area contributed by atoms with Gasteiger partial charge in [-0.3, -0.25) is 0 Å². The van der Waals surface area contributed by atoms with Crippen molar-refractivity contribution >= 4 is 165 Å². The fourth-order valence-electron chi connectivity index (χ4n) is 20.5. The molecule has 0 unspecified atom stereocenters. The van der Waals surface area contributed by atoms with Crippen molar-refractivity contribution in [2.45, 2.75) is 52.4 Å². The third-order valence-electron chi connectivity index (χ3n) is 25.6. The molecule has 20 aromatic carbocycles. The van der Waals surface area contributed by atoms with Gasteiger partial charge < -0.3 is 18.9 Å². The number of nitrogens with zero attached hydrogens (tertiary/aromatic N) is 4. The highest BCUT2D eigenvalue weighted by Crippen LogP contribution is 2.57. The minimum atomic E-state index is -0.279. The van der Waals surface area contributed by atoms with Gasteiger partial charge in [0.05, 0.1) is 33.4 Å². The lowest BCUT2D eigenvalue weighted by atomic mass is 9.33. The predicted molar refractivity (Wildman–Crippen MR) is 484 cm³/mol. The number of anilines is 6. The van der Waals surface area contributed by atoms with Crippen LogP contribution in [-0.4, -0.2) is 15.8 Å². The minimum absolute atomic E-state index is 0.0580. The van der Waals surface area contributed by atoms with Crippen LogP contribution in [0.5, 0.6) is 0 Å². The molecule has 0 amide bonds. The Balaban J connectivity index is 0.863. The Labute approximate surface area is 656 Å². The van der Waals surface area contributed by atoms with Gasteiger partial charge in [0.25, 0.3) is 6.71 Å². The number of hydrogen-bond acceptors (Lipinski definition) is 2. The van der Waals surface area contributed by atoms with Crippen LogP contribution >= 0.6 is 0 Å². The van der Waals surface area contributed by atoms with E-state index in [4.69, 9.17) is 0 Å². The molecule has 2 aromatic heterocycles. The van der Waals surface area contributed by atoms with E-state index in [1.54, 1.807) is 0 Å². The molecule has 0 bridgehead atoms. The zero-order valence-electron chi connectivity index (χ0n) is 63.8. The average Bonchev–Trinajstić information content (AvgIpc) is 1.68. The van der Waals surface area contributed by atoms with Gasteiger partial charge >= 0.3 is 0 Å². The second-order valence-corrected chi connectivity index (χ2v) is 33.8. The van der Waals surface area contributed by atoms with E-state index >= 15 is 0 Å². The maximum atomic E-state index is 2.74. The summed E-state index contributed by atoms with van der Waals surface area (Å²) in [4.78, 5) is 5.46. The van der Waals surface area contributed by atoms with Gasteiger partial charge in [0, 0.05) is 77.9 Å². The van der Waals surface area contributed by atoms with Crippen LogP contribution in [0.25, 0.3) is 175 Å². The number of para-hydroxylation sites is 2. The van der Waals surface area contributed by atoms with Gasteiger partial charge in [-0.05, 0) is 197 Å². The first-order chi connectivity index (χ1) is 55.4. The van der Waals surface area contributed by atoms with Crippen molar-refractivity contribution < 1.29 is 0 Å². The molecular formula is C108H75BN4. The lowest BCUT2D eigenvalue weighted by Crippen LogP contribution is -2.61. The van der Waals surface area contributed by atoms with E-state index in [2.05, 4.69) is 406 Å². The summed E-state index contributed by atoms with van der Waals surface area (Å²) in [6.45, 7) is 13.6. The quantitative estimate of drug-likeness (QED) is 0.0813. The van der Waals surface area contributed by atoms with Crippen LogP contribution in [0, 0.1) is 0 Å². The van der Waals surface area contributed by atoms with Gasteiger partial charge in [0.1, 0.15) is 0 Å². The molecule has 0 saturated carbocycles. The molecule has 0 N–H and O–H groups in total. The van der Waals surface area contributed by atoms with E-state index in [0.29, 0.717) is 0 Å². The normalized spacial score (nSPS) is 13.2. The van der Waals surface area contributed by atoms with Crippen LogP contribution in [0.4, 0.5) is 34.1 Å². The van der Waals surface area contributed by atoms with Crippen molar-refractivity contribution in [2.75, 3.05) is 9.80 Å². The van der Waals surface area contributed by atoms with Gasteiger partial charge in [-0.2, -0.15) is 0 Å². The van der Waals surface area contributed by atoms with Crippen molar-refractivity contribution in [3.63, 3.8) is 0 Å². The van der Waals surface area contributed by atoms with Crippen molar-refractivity contribution in [2.24, 2.45) is 0 Å². The molecule has 4 heterocycles. The van der Waals surface area contributed by atoms with Crippen LogP contribution in [0.1, 0.15) is 52.7 Å². The summed E-state index contributed by atoms with van der Waals surface area (Å²) in [5, 5.41) is 20.7. The summed E-state index contributed by atoms with van der Waals surface area (Å²) in [7, 11) is 0. The molecule has 0 spiro atoms. The Kier molecular flexibility index (Phi) is 13.3. The van der Waals surface area contributed by atoms with Gasteiger partial charge in [-0.25, -0.2) is 0 Å². The SMILES string of the molecule is CC(C)(C)c1ccc(-c2cccc(-c3ccc(C(C)(C)C)cc3)c2N2c3cc(-n4c5ccc6cccc7c8cccc9ccc4c(c98)c5c67)ccc3B3c4ccc(-n5c6ccc7cccc8c9cccc%10ccc5c(c%109)c6c78)cc4N(c4c(-c5ccccc5)cccc4-c4ccccc4)c4cc(-c5ccccc5)cc2c43)cc1. The third kappa shape index (κ3) is 9.10. The van der Waals surface area contributed by atoms with Gasteiger partial charge in [-0.1, -0.05) is 327 Å². The summed E-state index contributed by atoms with van der Waals surface area (Å²) in [6, 6.07) is 133. The largest absolute Gasteiger partial charge is 0.310 e. The van der Waals surface area contributed by atoms with E-state index in [1.807, 2.05) is 0 Å². The Morgan fingerprint density at radius 2 is 0.540 bits per heavy atom. The van der Waals surface area contributed by atoms with Gasteiger partial charge in [0.15, 0.2) is 0 Å². The maximum absolute atomic E-state index is 2.74. The van der Waals surface area contributed by atoms with Crippen LogP contribution in [0.3, 0.4) is 0 Å². The molecule has 4 nitrogen and oxygen atoms in total. The van der Waals surface area contributed by atoms with E-state index in [1.165, 1.54) is 136 Å². The molecular weight excluding hydrogens is 1360 g/mol. The Morgan fingerprint density at radius 3 is 0.867 bits per heavy atom. The fourth-order valence-corrected chi connectivity index (χ4v) is 20.5. The molecule has 24 rings (SSSR count). The van der Waals surface area contributed by atoms with Crippen molar-refractivity contribution in [3.05, 3.63) is 357 Å². The number of rotatable bonds is 9. The Bertz CT molecular complexity index is 7330. The molecule has 0 saturated heterocycles. The van der Waals surface area contributed by atoms with Crippen molar-refractivity contribution in [1.29, 1.82) is 0 Å². The summed E-state index contributed by atoms with van der Waals surface area (Å²) in [5.41, 5.74) is 31.3. The van der Waals surface area contributed by atoms with E-state index in [-0.39, 0.29) is 17.5 Å². The summed E-state index contributed by atoms with van der Waals surface area (Å²) in [6.07, 6.45) is 0. The van der Waals surface area contributed by atoms with Crippen molar-refractivity contribution in [1.82, 2.24) is 9.13 Å². The van der Waals surface area contributed by atoms with Gasteiger partial charge in [-0.15, -0.1) is 0 Å². The third-order valence-corrected chi connectivity index (χ3v) is 25.6. The van der Waals surface area contributed by atoms with Crippen LogP contribution in [0.2, 0.25) is 0 Å². The minimum Gasteiger partial charge on any atom is -0.310 e. The Morgan fingerprint density at radius 1 is 0.230 bits per heavy atom. The van der Waals surface area contributed by atoms with Crippen LogP contribution in [0.15, 0.2) is 346 Å². The first kappa shape index (κ1) is 64.1. The number of hydrogen-bond donors (Lipinski definition) is 0. The van der Waals surface area contributed by atoms with E-state index in [9.17, 15) is 0 Å². The number of fused-ring (bicyclic) bond motifs is 6. The molecule has 2 aliphatic rings. The van der Waals surface area contributed by atoms with Gasteiger partial charge in [0.2, 0.25) is 0 Å². The topological polar surface area (TPSA) is 16.3 Å². The lowest BCUT2D eigenvalue weighted by molar-refractivity contribution is 0.590. The Hall–Kier alpha value is -13.7. The second kappa shape index (κ2) is 23.4. The second-order valence-electron chi connectivity index (χ2n) is 33.8. The molecule has 0 aliphatic carbocycles. The highest BCUT2D eigenvalue weighted by Gasteiger charge is 2.46. The monoisotopic (exact) mass is 1440 g/mol. The zero-order valence-corrected chi connectivity index (χ0v) is 63.8. The standard InChI is InChI=1S/C108H75BN4/c1-107(2,3)74-48-40-67(41-49-74)80-34-21-35-81(68-42-50-75(51-43-68)108(4,5)6)106(80)113-93-63-77(111-90-58-46-71-30-18-38-84-85-39-19-31-72-47-59-91(111)103(99(72)85)102(90)98(71)84)53-55-87(93)109-86-54-52-76(110-88-56-44-69-28-16-36-82-83-37-17-29-70-45-57-89(110)101(97(70)83)100(88)96(69)82)62-92(86)112(94-60-73(61-95(113)104(94)109)64-22-10-7-11-23-64)105-78(65-24-12-8-13-25-65)32-20-33-79(105)66-26-14-9-15-27-66/h7-63H,1-6H3.